The fourth-order valence-corrected chi connectivity index (χ4v) is 1.90. The summed E-state index contributed by atoms with van der Waals surface area (Å²) in [6.45, 7) is 4.70. The zero-order valence-electron chi connectivity index (χ0n) is 12.5. The number of ether oxygens (including phenoxy) is 1. The molecule has 0 aliphatic heterocycles. The van der Waals surface area contributed by atoms with Crippen molar-refractivity contribution in [1.29, 1.82) is 0 Å². The van der Waals surface area contributed by atoms with E-state index in [9.17, 15) is 14.9 Å². The van der Waals surface area contributed by atoms with E-state index in [2.05, 4.69) is 10.6 Å². The van der Waals surface area contributed by atoms with Crippen molar-refractivity contribution in [2.24, 2.45) is 0 Å². The monoisotopic (exact) mass is 295 g/mol. The van der Waals surface area contributed by atoms with Crippen LogP contribution >= 0.6 is 0 Å². The molecule has 116 valence electrons. The van der Waals surface area contributed by atoms with Crippen molar-refractivity contribution in [3.05, 3.63) is 33.9 Å². The van der Waals surface area contributed by atoms with Gasteiger partial charge in [-0.2, -0.15) is 0 Å². The zero-order valence-corrected chi connectivity index (χ0v) is 12.5. The van der Waals surface area contributed by atoms with E-state index in [0.29, 0.717) is 24.4 Å². The largest absolute Gasteiger partial charge is 0.383 e. The van der Waals surface area contributed by atoms with Crippen molar-refractivity contribution in [1.82, 2.24) is 5.32 Å². The summed E-state index contributed by atoms with van der Waals surface area (Å²) in [7, 11) is 1.57. The van der Waals surface area contributed by atoms with E-state index in [1.54, 1.807) is 7.11 Å². The molecule has 1 aromatic carbocycles. The summed E-state index contributed by atoms with van der Waals surface area (Å²) in [5.41, 5.74) is 0.655. The number of nitrogens with one attached hydrogen (secondary N) is 2. The second-order valence-corrected chi connectivity index (χ2v) is 4.55. The average molecular weight is 295 g/mol. The molecule has 0 spiro atoms. The van der Waals surface area contributed by atoms with E-state index in [-0.39, 0.29) is 17.6 Å². The Labute approximate surface area is 123 Å². The maximum atomic E-state index is 11.8. The van der Waals surface area contributed by atoms with E-state index in [1.807, 2.05) is 13.8 Å². The highest BCUT2D eigenvalue weighted by Gasteiger charge is 2.19. The lowest BCUT2D eigenvalue weighted by Crippen LogP contribution is -2.25. The smallest absolute Gasteiger partial charge is 0.292 e. The van der Waals surface area contributed by atoms with E-state index < -0.39 is 4.92 Å². The third kappa shape index (κ3) is 4.71. The van der Waals surface area contributed by atoms with Crippen LogP contribution in [0.25, 0.3) is 0 Å². The number of carbonyl (C=O) groups is 1. The highest BCUT2D eigenvalue weighted by molar-refractivity contribution is 5.95. The van der Waals surface area contributed by atoms with Crippen molar-refractivity contribution in [2.45, 2.75) is 26.3 Å². The summed E-state index contributed by atoms with van der Waals surface area (Å²) in [6.07, 6.45) is 0.746. The standard InChI is InChI=1S/C14H21N3O4/c1-4-11(9-21-3)16-12-8-10(14(18)15-5-2)6-7-13(12)17(19)20/h6-8,11,16H,4-5,9H2,1-3H3,(H,15,18). The Hall–Kier alpha value is -2.15. The third-order valence-corrected chi connectivity index (χ3v) is 3.01. The molecule has 0 aromatic heterocycles. The van der Waals surface area contributed by atoms with Gasteiger partial charge in [-0.3, -0.25) is 14.9 Å². The van der Waals surface area contributed by atoms with Gasteiger partial charge in [-0.15, -0.1) is 0 Å². The maximum Gasteiger partial charge on any atom is 0.292 e. The molecular formula is C14H21N3O4. The van der Waals surface area contributed by atoms with Gasteiger partial charge in [-0.1, -0.05) is 6.92 Å². The van der Waals surface area contributed by atoms with Crippen LogP contribution in [0.1, 0.15) is 30.6 Å². The highest BCUT2D eigenvalue weighted by Crippen LogP contribution is 2.26. The Morgan fingerprint density at radius 1 is 1.43 bits per heavy atom. The third-order valence-electron chi connectivity index (χ3n) is 3.01. The number of carbonyl (C=O) groups excluding carboxylic acids is 1. The number of methoxy groups -OCH3 is 1. The minimum atomic E-state index is -0.469. The second-order valence-electron chi connectivity index (χ2n) is 4.55. The molecule has 0 radical (unpaired) electrons. The predicted molar refractivity (Wildman–Crippen MR) is 80.7 cm³/mol. The van der Waals surface area contributed by atoms with E-state index in [4.69, 9.17) is 4.74 Å². The number of rotatable bonds is 8. The number of benzene rings is 1. The Morgan fingerprint density at radius 3 is 2.67 bits per heavy atom. The molecule has 0 fully saturated rings. The molecule has 0 saturated carbocycles. The van der Waals surface area contributed by atoms with Gasteiger partial charge in [0.2, 0.25) is 0 Å². The maximum absolute atomic E-state index is 11.8. The molecule has 1 aromatic rings. The number of nitro groups is 1. The molecule has 1 atom stereocenters. The summed E-state index contributed by atoms with van der Waals surface area (Å²) >= 11 is 0. The van der Waals surface area contributed by atoms with Crippen LogP contribution in [-0.2, 0) is 4.74 Å². The van der Waals surface area contributed by atoms with Gasteiger partial charge < -0.3 is 15.4 Å². The van der Waals surface area contributed by atoms with Crippen molar-refractivity contribution in [3.63, 3.8) is 0 Å². The number of nitro benzene ring substituents is 1. The van der Waals surface area contributed by atoms with Crippen LogP contribution in [0.4, 0.5) is 11.4 Å². The summed E-state index contributed by atoms with van der Waals surface area (Å²) in [4.78, 5) is 22.4. The fraction of sp³-hybridized carbons (Fsp3) is 0.500. The summed E-state index contributed by atoms with van der Waals surface area (Å²) in [5.74, 6) is -0.254. The first-order chi connectivity index (χ1) is 10.0. The normalized spacial score (nSPS) is 11.8. The van der Waals surface area contributed by atoms with Gasteiger partial charge in [0.15, 0.2) is 0 Å². The highest BCUT2D eigenvalue weighted by atomic mass is 16.6. The van der Waals surface area contributed by atoms with Crippen molar-refractivity contribution < 1.29 is 14.5 Å². The summed E-state index contributed by atoms with van der Waals surface area (Å²) < 4.78 is 5.07. The molecule has 7 nitrogen and oxygen atoms in total. The van der Waals surface area contributed by atoms with E-state index >= 15 is 0 Å². The van der Waals surface area contributed by atoms with Crippen LogP contribution in [0.5, 0.6) is 0 Å². The second kappa shape index (κ2) is 8.21. The SMILES string of the molecule is CCNC(=O)c1ccc([N+](=O)[O-])c(NC(CC)COC)c1. The Balaban J connectivity index is 3.09. The number of anilines is 1. The van der Waals surface area contributed by atoms with Gasteiger partial charge in [0.05, 0.1) is 11.5 Å². The molecule has 0 saturated heterocycles. The van der Waals surface area contributed by atoms with Gasteiger partial charge in [0.1, 0.15) is 5.69 Å². The van der Waals surface area contributed by atoms with Crippen molar-refractivity contribution >= 4 is 17.3 Å². The molecule has 0 bridgehead atoms. The molecule has 0 aliphatic carbocycles. The lowest BCUT2D eigenvalue weighted by molar-refractivity contribution is -0.384. The average Bonchev–Trinajstić information content (AvgIpc) is 2.46. The molecule has 0 heterocycles. The first-order valence-electron chi connectivity index (χ1n) is 6.85. The van der Waals surface area contributed by atoms with Crippen LogP contribution < -0.4 is 10.6 Å². The quantitative estimate of drug-likeness (QED) is 0.566. The number of hydrogen-bond acceptors (Lipinski definition) is 5. The number of hydrogen-bond donors (Lipinski definition) is 2. The molecule has 2 N–H and O–H groups in total. The van der Waals surface area contributed by atoms with Crippen LogP contribution in [0.3, 0.4) is 0 Å². The first-order valence-corrected chi connectivity index (χ1v) is 6.85. The minimum Gasteiger partial charge on any atom is -0.383 e. The molecule has 21 heavy (non-hydrogen) atoms. The van der Waals surface area contributed by atoms with Crippen LogP contribution in [0.2, 0.25) is 0 Å². The van der Waals surface area contributed by atoms with Crippen LogP contribution in [-0.4, -0.2) is 37.1 Å². The van der Waals surface area contributed by atoms with Gasteiger partial charge in [0, 0.05) is 31.3 Å². The van der Waals surface area contributed by atoms with Gasteiger partial charge in [0.25, 0.3) is 11.6 Å². The fourth-order valence-electron chi connectivity index (χ4n) is 1.90. The minimum absolute atomic E-state index is 0.0572. The zero-order chi connectivity index (χ0) is 15.8. The van der Waals surface area contributed by atoms with Crippen molar-refractivity contribution in [3.8, 4) is 0 Å². The number of amides is 1. The number of nitrogens with zero attached hydrogens (tertiary/aromatic N) is 1. The molecule has 1 rings (SSSR count). The predicted octanol–water partition coefficient (Wildman–Crippen LogP) is 2.18. The summed E-state index contributed by atoms with van der Waals surface area (Å²) in [6, 6.07) is 4.23. The lowest BCUT2D eigenvalue weighted by Gasteiger charge is -2.17. The molecular weight excluding hydrogens is 274 g/mol. The topological polar surface area (TPSA) is 93.5 Å². The molecule has 7 heteroatoms. The Kier molecular flexibility index (Phi) is 6.61. The summed E-state index contributed by atoms with van der Waals surface area (Å²) in [5, 5.41) is 16.8. The first kappa shape index (κ1) is 16.9. The van der Waals surface area contributed by atoms with Gasteiger partial charge in [-0.05, 0) is 25.5 Å². The Morgan fingerprint density at radius 2 is 2.14 bits per heavy atom. The van der Waals surface area contributed by atoms with Crippen molar-refractivity contribution in [2.75, 3.05) is 25.6 Å². The molecule has 0 aliphatic rings. The molecule has 1 unspecified atom stereocenters. The van der Waals surface area contributed by atoms with E-state index in [0.717, 1.165) is 6.42 Å². The lowest BCUT2D eigenvalue weighted by atomic mass is 10.1. The van der Waals surface area contributed by atoms with Gasteiger partial charge in [-0.25, -0.2) is 0 Å². The molecule has 1 amide bonds. The van der Waals surface area contributed by atoms with E-state index in [1.165, 1.54) is 18.2 Å². The van der Waals surface area contributed by atoms with Crippen LogP contribution in [0, 0.1) is 10.1 Å². The van der Waals surface area contributed by atoms with Gasteiger partial charge >= 0.3 is 0 Å². The Bertz CT molecular complexity index is 505. The van der Waals surface area contributed by atoms with Crippen LogP contribution in [0.15, 0.2) is 18.2 Å².